The molecule has 0 spiro atoms. The van der Waals surface area contributed by atoms with E-state index in [1.807, 2.05) is 23.8 Å². The monoisotopic (exact) mass is 226 g/mol. The first-order valence-corrected chi connectivity index (χ1v) is 6.10. The minimum absolute atomic E-state index is 0.0508. The highest BCUT2D eigenvalue weighted by Gasteiger charge is 2.12. The molecule has 1 rings (SSSR count). The largest absolute Gasteiger partial charge is 0.373 e. The van der Waals surface area contributed by atoms with Crippen LogP contribution in [0.2, 0.25) is 0 Å². The second kappa shape index (κ2) is 5.75. The molecular formula is C11H18N2OS. The number of rotatable bonds is 5. The van der Waals surface area contributed by atoms with Crippen molar-refractivity contribution >= 4 is 22.9 Å². The van der Waals surface area contributed by atoms with Crippen molar-refractivity contribution in [3.63, 3.8) is 0 Å². The Morgan fingerprint density at radius 3 is 2.73 bits per heavy atom. The van der Waals surface area contributed by atoms with Crippen LogP contribution in [0.5, 0.6) is 0 Å². The number of anilines is 1. The highest BCUT2D eigenvalue weighted by Crippen LogP contribution is 2.12. The SMILES string of the molecule is CC(C)CNC(=O)C(C)Nc1ccsc1. The van der Waals surface area contributed by atoms with Crippen LogP contribution in [0.25, 0.3) is 0 Å². The van der Waals surface area contributed by atoms with E-state index in [0.29, 0.717) is 5.92 Å². The van der Waals surface area contributed by atoms with Crippen LogP contribution < -0.4 is 10.6 Å². The van der Waals surface area contributed by atoms with E-state index in [9.17, 15) is 4.79 Å². The highest BCUT2D eigenvalue weighted by molar-refractivity contribution is 7.08. The zero-order chi connectivity index (χ0) is 11.3. The Balaban J connectivity index is 2.33. The summed E-state index contributed by atoms with van der Waals surface area (Å²) in [6.45, 7) is 6.76. The minimum Gasteiger partial charge on any atom is -0.373 e. The Bertz CT molecular complexity index is 296. The molecule has 1 heterocycles. The maximum atomic E-state index is 11.6. The van der Waals surface area contributed by atoms with Gasteiger partial charge < -0.3 is 10.6 Å². The van der Waals surface area contributed by atoms with E-state index in [1.165, 1.54) is 0 Å². The Morgan fingerprint density at radius 1 is 1.47 bits per heavy atom. The molecule has 0 radical (unpaired) electrons. The third-order valence-electron chi connectivity index (χ3n) is 1.98. The Kier molecular flexibility index (Phi) is 4.62. The lowest BCUT2D eigenvalue weighted by atomic mass is 10.2. The Morgan fingerprint density at radius 2 is 2.20 bits per heavy atom. The van der Waals surface area contributed by atoms with Crippen molar-refractivity contribution < 1.29 is 4.79 Å². The molecule has 1 aromatic heterocycles. The van der Waals surface area contributed by atoms with Gasteiger partial charge in [-0.15, -0.1) is 0 Å². The molecule has 4 heteroatoms. The van der Waals surface area contributed by atoms with E-state index in [1.54, 1.807) is 11.3 Å². The summed E-state index contributed by atoms with van der Waals surface area (Å²) >= 11 is 1.62. The Labute approximate surface area is 94.9 Å². The van der Waals surface area contributed by atoms with E-state index in [4.69, 9.17) is 0 Å². The molecule has 0 fully saturated rings. The van der Waals surface area contributed by atoms with Gasteiger partial charge in [-0.1, -0.05) is 13.8 Å². The van der Waals surface area contributed by atoms with Gasteiger partial charge in [0.2, 0.25) is 5.91 Å². The zero-order valence-corrected chi connectivity index (χ0v) is 10.2. The summed E-state index contributed by atoms with van der Waals surface area (Å²) in [5, 5.41) is 10.0. The average molecular weight is 226 g/mol. The predicted molar refractivity (Wildman–Crippen MR) is 65.3 cm³/mol. The van der Waals surface area contributed by atoms with E-state index in [2.05, 4.69) is 24.5 Å². The predicted octanol–water partition coefficient (Wildman–Crippen LogP) is 2.32. The molecule has 0 aliphatic rings. The quantitative estimate of drug-likeness (QED) is 0.809. The standard InChI is InChI=1S/C11H18N2OS/c1-8(2)6-12-11(14)9(3)13-10-4-5-15-7-10/h4-5,7-9,13H,6H2,1-3H3,(H,12,14). The van der Waals surface area contributed by atoms with E-state index < -0.39 is 0 Å². The van der Waals surface area contributed by atoms with E-state index >= 15 is 0 Å². The van der Waals surface area contributed by atoms with Crippen molar-refractivity contribution in [1.82, 2.24) is 5.32 Å². The van der Waals surface area contributed by atoms with Crippen LogP contribution in [-0.2, 0) is 4.79 Å². The van der Waals surface area contributed by atoms with Crippen molar-refractivity contribution in [2.24, 2.45) is 5.92 Å². The van der Waals surface area contributed by atoms with E-state index in [0.717, 1.165) is 12.2 Å². The van der Waals surface area contributed by atoms with Gasteiger partial charge in [-0.3, -0.25) is 4.79 Å². The second-order valence-electron chi connectivity index (χ2n) is 4.02. The normalized spacial score (nSPS) is 12.5. The fourth-order valence-corrected chi connectivity index (χ4v) is 1.72. The van der Waals surface area contributed by atoms with Crippen molar-refractivity contribution in [2.75, 3.05) is 11.9 Å². The van der Waals surface area contributed by atoms with Gasteiger partial charge in [-0.25, -0.2) is 0 Å². The number of carbonyl (C=O) groups is 1. The lowest BCUT2D eigenvalue weighted by Crippen LogP contribution is -2.39. The smallest absolute Gasteiger partial charge is 0.242 e. The third kappa shape index (κ3) is 4.34. The van der Waals surface area contributed by atoms with Gasteiger partial charge in [0.15, 0.2) is 0 Å². The topological polar surface area (TPSA) is 41.1 Å². The van der Waals surface area contributed by atoms with Gasteiger partial charge in [0.05, 0.1) is 0 Å². The van der Waals surface area contributed by atoms with Crippen LogP contribution in [0.3, 0.4) is 0 Å². The molecule has 0 bridgehead atoms. The molecule has 3 nitrogen and oxygen atoms in total. The number of carbonyl (C=O) groups excluding carboxylic acids is 1. The maximum absolute atomic E-state index is 11.6. The molecule has 1 atom stereocenters. The number of amides is 1. The molecule has 0 aliphatic heterocycles. The molecule has 0 aliphatic carbocycles. The number of thiophene rings is 1. The van der Waals surface area contributed by atoms with Gasteiger partial charge in [0.1, 0.15) is 6.04 Å². The Hall–Kier alpha value is -1.03. The number of hydrogen-bond acceptors (Lipinski definition) is 3. The van der Waals surface area contributed by atoms with Crippen molar-refractivity contribution in [3.05, 3.63) is 16.8 Å². The molecule has 15 heavy (non-hydrogen) atoms. The number of nitrogens with one attached hydrogen (secondary N) is 2. The molecule has 1 amide bonds. The first-order valence-electron chi connectivity index (χ1n) is 5.16. The molecule has 84 valence electrons. The summed E-state index contributed by atoms with van der Waals surface area (Å²) in [4.78, 5) is 11.6. The van der Waals surface area contributed by atoms with Gasteiger partial charge in [-0.05, 0) is 24.3 Å². The maximum Gasteiger partial charge on any atom is 0.242 e. The van der Waals surface area contributed by atoms with Crippen LogP contribution >= 0.6 is 11.3 Å². The molecule has 0 saturated heterocycles. The summed E-state index contributed by atoms with van der Waals surface area (Å²) in [6.07, 6.45) is 0. The molecule has 0 aromatic carbocycles. The molecule has 2 N–H and O–H groups in total. The fourth-order valence-electron chi connectivity index (χ4n) is 1.12. The lowest BCUT2D eigenvalue weighted by Gasteiger charge is -2.15. The summed E-state index contributed by atoms with van der Waals surface area (Å²) in [7, 11) is 0. The zero-order valence-electron chi connectivity index (χ0n) is 9.41. The lowest BCUT2D eigenvalue weighted by molar-refractivity contribution is -0.121. The molecule has 1 aromatic rings. The van der Waals surface area contributed by atoms with Crippen LogP contribution in [-0.4, -0.2) is 18.5 Å². The first kappa shape index (κ1) is 12.0. The molecule has 1 unspecified atom stereocenters. The summed E-state index contributed by atoms with van der Waals surface area (Å²) in [5.41, 5.74) is 1.01. The van der Waals surface area contributed by atoms with Crippen LogP contribution in [0.4, 0.5) is 5.69 Å². The van der Waals surface area contributed by atoms with Crippen molar-refractivity contribution in [2.45, 2.75) is 26.8 Å². The van der Waals surface area contributed by atoms with Gasteiger partial charge in [-0.2, -0.15) is 11.3 Å². The summed E-state index contributed by atoms with van der Waals surface area (Å²) < 4.78 is 0. The summed E-state index contributed by atoms with van der Waals surface area (Å²) in [5.74, 6) is 0.539. The van der Waals surface area contributed by atoms with Crippen molar-refractivity contribution in [3.8, 4) is 0 Å². The minimum atomic E-state index is -0.182. The molecule has 0 saturated carbocycles. The highest BCUT2D eigenvalue weighted by atomic mass is 32.1. The van der Waals surface area contributed by atoms with Crippen LogP contribution in [0, 0.1) is 5.92 Å². The van der Waals surface area contributed by atoms with Gasteiger partial charge in [0, 0.05) is 17.6 Å². The van der Waals surface area contributed by atoms with Crippen molar-refractivity contribution in [1.29, 1.82) is 0 Å². The summed E-state index contributed by atoms with van der Waals surface area (Å²) in [6, 6.07) is 1.79. The molecular weight excluding hydrogens is 208 g/mol. The van der Waals surface area contributed by atoms with Crippen LogP contribution in [0.15, 0.2) is 16.8 Å². The van der Waals surface area contributed by atoms with Gasteiger partial charge in [0.25, 0.3) is 0 Å². The van der Waals surface area contributed by atoms with E-state index in [-0.39, 0.29) is 11.9 Å². The third-order valence-corrected chi connectivity index (χ3v) is 2.67. The van der Waals surface area contributed by atoms with Crippen LogP contribution in [0.1, 0.15) is 20.8 Å². The first-order chi connectivity index (χ1) is 7.09. The average Bonchev–Trinajstić information content (AvgIpc) is 2.66. The fraction of sp³-hybridized carbons (Fsp3) is 0.545. The van der Waals surface area contributed by atoms with Gasteiger partial charge >= 0.3 is 0 Å². The number of hydrogen-bond donors (Lipinski definition) is 2. The second-order valence-corrected chi connectivity index (χ2v) is 4.80.